The standard InChI is InChI=1S/C9H20O3/c1-8(11)5-3-4-6-12-9(2)7-10/h8-11H,3-7H2,1-2H3/t8?,9-/m0/s1. The van der Waals surface area contributed by atoms with E-state index in [1.54, 1.807) is 6.92 Å². The molecule has 0 rings (SSSR count). The molecule has 0 aromatic heterocycles. The molecule has 0 aromatic carbocycles. The van der Waals surface area contributed by atoms with Crippen LogP contribution in [0.5, 0.6) is 0 Å². The molecule has 0 heterocycles. The Morgan fingerprint density at radius 2 is 1.92 bits per heavy atom. The smallest absolute Gasteiger partial charge is 0.0777 e. The Morgan fingerprint density at radius 3 is 2.42 bits per heavy atom. The molecular formula is C9H20O3. The largest absolute Gasteiger partial charge is 0.394 e. The lowest BCUT2D eigenvalue weighted by Gasteiger charge is -2.09. The van der Waals surface area contributed by atoms with Crippen LogP contribution in [0, 0.1) is 0 Å². The van der Waals surface area contributed by atoms with Crippen molar-refractivity contribution >= 4 is 0 Å². The SMILES string of the molecule is CC(O)CCCCO[C@@H](C)CO. The predicted octanol–water partition coefficient (Wildman–Crippen LogP) is 0.935. The molecule has 0 aliphatic heterocycles. The van der Waals surface area contributed by atoms with E-state index in [4.69, 9.17) is 14.9 Å². The van der Waals surface area contributed by atoms with Gasteiger partial charge >= 0.3 is 0 Å². The van der Waals surface area contributed by atoms with E-state index < -0.39 is 0 Å². The topological polar surface area (TPSA) is 49.7 Å². The van der Waals surface area contributed by atoms with E-state index in [0.29, 0.717) is 6.61 Å². The minimum Gasteiger partial charge on any atom is -0.394 e. The van der Waals surface area contributed by atoms with Gasteiger partial charge in [0.1, 0.15) is 0 Å². The summed E-state index contributed by atoms with van der Waals surface area (Å²) >= 11 is 0. The summed E-state index contributed by atoms with van der Waals surface area (Å²) in [4.78, 5) is 0. The molecule has 3 heteroatoms. The quantitative estimate of drug-likeness (QED) is 0.567. The third kappa shape index (κ3) is 7.98. The van der Waals surface area contributed by atoms with E-state index in [9.17, 15) is 0 Å². The molecule has 2 N–H and O–H groups in total. The molecule has 0 amide bonds. The van der Waals surface area contributed by atoms with Crippen molar-refractivity contribution < 1.29 is 14.9 Å². The Bertz CT molecular complexity index is 93.8. The first-order chi connectivity index (χ1) is 5.66. The first-order valence-electron chi connectivity index (χ1n) is 4.57. The molecule has 2 atom stereocenters. The fourth-order valence-electron chi connectivity index (χ4n) is 0.879. The van der Waals surface area contributed by atoms with Crippen molar-refractivity contribution in [3.63, 3.8) is 0 Å². The minimum absolute atomic E-state index is 0.0588. The average molecular weight is 176 g/mol. The molecule has 0 fully saturated rings. The summed E-state index contributed by atoms with van der Waals surface area (Å²) in [6, 6.07) is 0. The summed E-state index contributed by atoms with van der Waals surface area (Å²) in [6.45, 7) is 4.39. The van der Waals surface area contributed by atoms with Crippen molar-refractivity contribution in [2.45, 2.75) is 45.3 Å². The van der Waals surface area contributed by atoms with Gasteiger partial charge in [-0.05, 0) is 33.1 Å². The van der Waals surface area contributed by atoms with Crippen LogP contribution in [0.1, 0.15) is 33.1 Å². The molecule has 74 valence electrons. The molecular weight excluding hydrogens is 156 g/mol. The lowest BCUT2D eigenvalue weighted by atomic mass is 10.2. The summed E-state index contributed by atoms with van der Waals surface area (Å²) in [5, 5.41) is 17.5. The van der Waals surface area contributed by atoms with Gasteiger partial charge in [0.05, 0.1) is 18.8 Å². The van der Waals surface area contributed by atoms with Crippen molar-refractivity contribution in [1.82, 2.24) is 0 Å². The van der Waals surface area contributed by atoms with Gasteiger partial charge in [0.15, 0.2) is 0 Å². The predicted molar refractivity (Wildman–Crippen MR) is 48.0 cm³/mol. The van der Waals surface area contributed by atoms with Crippen molar-refractivity contribution in [2.75, 3.05) is 13.2 Å². The second-order valence-electron chi connectivity index (χ2n) is 3.21. The molecule has 3 nitrogen and oxygen atoms in total. The zero-order chi connectivity index (χ0) is 9.40. The highest BCUT2D eigenvalue weighted by Gasteiger charge is 1.99. The van der Waals surface area contributed by atoms with Gasteiger partial charge in [-0.3, -0.25) is 0 Å². The Balaban J connectivity index is 3.00. The molecule has 12 heavy (non-hydrogen) atoms. The van der Waals surface area contributed by atoms with Crippen LogP contribution in [0.4, 0.5) is 0 Å². The Kier molecular flexibility index (Phi) is 7.45. The highest BCUT2D eigenvalue weighted by molar-refractivity contribution is 4.49. The molecule has 0 aliphatic carbocycles. The van der Waals surface area contributed by atoms with E-state index in [0.717, 1.165) is 19.3 Å². The van der Waals surface area contributed by atoms with Gasteiger partial charge in [0.2, 0.25) is 0 Å². The molecule has 0 bridgehead atoms. The van der Waals surface area contributed by atoms with Crippen molar-refractivity contribution in [3.05, 3.63) is 0 Å². The summed E-state index contributed by atoms with van der Waals surface area (Å²) in [5.74, 6) is 0. The van der Waals surface area contributed by atoms with Crippen molar-refractivity contribution in [3.8, 4) is 0 Å². The lowest BCUT2D eigenvalue weighted by molar-refractivity contribution is 0.0221. The zero-order valence-electron chi connectivity index (χ0n) is 7.99. The van der Waals surface area contributed by atoms with Gasteiger partial charge in [-0.25, -0.2) is 0 Å². The average Bonchev–Trinajstić information content (AvgIpc) is 2.03. The highest BCUT2D eigenvalue weighted by atomic mass is 16.5. The van der Waals surface area contributed by atoms with Crippen LogP contribution in [0.3, 0.4) is 0 Å². The van der Waals surface area contributed by atoms with Gasteiger partial charge in [-0.15, -0.1) is 0 Å². The second kappa shape index (κ2) is 7.53. The second-order valence-corrected chi connectivity index (χ2v) is 3.21. The summed E-state index contributed by atoms with van der Waals surface area (Å²) in [5.41, 5.74) is 0. The maximum atomic E-state index is 8.93. The lowest BCUT2D eigenvalue weighted by Crippen LogP contribution is -2.13. The molecule has 0 saturated heterocycles. The van der Waals surface area contributed by atoms with E-state index in [1.165, 1.54) is 0 Å². The maximum Gasteiger partial charge on any atom is 0.0777 e. The molecule has 0 aliphatic rings. The number of hydrogen-bond donors (Lipinski definition) is 2. The third-order valence-electron chi connectivity index (χ3n) is 1.68. The van der Waals surface area contributed by atoms with Crippen LogP contribution in [0.15, 0.2) is 0 Å². The van der Waals surface area contributed by atoms with Crippen LogP contribution >= 0.6 is 0 Å². The van der Waals surface area contributed by atoms with Gasteiger partial charge in [-0.2, -0.15) is 0 Å². The molecule has 0 radical (unpaired) electrons. The van der Waals surface area contributed by atoms with E-state index in [1.807, 2.05) is 6.92 Å². The molecule has 0 spiro atoms. The number of ether oxygens (including phenoxy) is 1. The fourth-order valence-corrected chi connectivity index (χ4v) is 0.879. The summed E-state index contributed by atoms with van der Waals surface area (Å²) in [6.07, 6.45) is 2.50. The zero-order valence-corrected chi connectivity index (χ0v) is 7.99. The van der Waals surface area contributed by atoms with Gasteiger partial charge in [0.25, 0.3) is 0 Å². The van der Waals surface area contributed by atoms with Crippen LogP contribution in [-0.4, -0.2) is 35.6 Å². The van der Waals surface area contributed by atoms with Gasteiger partial charge in [-0.1, -0.05) is 0 Å². The molecule has 1 unspecified atom stereocenters. The Hall–Kier alpha value is -0.120. The van der Waals surface area contributed by atoms with Gasteiger partial charge in [0, 0.05) is 6.61 Å². The number of aliphatic hydroxyl groups excluding tert-OH is 2. The number of aliphatic hydroxyl groups is 2. The van der Waals surface area contributed by atoms with E-state index >= 15 is 0 Å². The first kappa shape index (κ1) is 11.9. The molecule has 0 saturated carbocycles. The Morgan fingerprint density at radius 1 is 1.25 bits per heavy atom. The number of unbranched alkanes of at least 4 members (excludes halogenated alkanes) is 1. The van der Waals surface area contributed by atoms with Crippen LogP contribution in [0.2, 0.25) is 0 Å². The fraction of sp³-hybridized carbons (Fsp3) is 1.00. The van der Waals surface area contributed by atoms with Gasteiger partial charge < -0.3 is 14.9 Å². The van der Waals surface area contributed by atoms with Crippen LogP contribution in [0.25, 0.3) is 0 Å². The number of hydrogen-bond acceptors (Lipinski definition) is 3. The highest BCUT2D eigenvalue weighted by Crippen LogP contribution is 2.01. The monoisotopic (exact) mass is 176 g/mol. The number of rotatable bonds is 7. The van der Waals surface area contributed by atoms with Crippen molar-refractivity contribution in [2.24, 2.45) is 0 Å². The summed E-state index contributed by atoms with van der Waals surface area (Å²) < 4.78 is 5.24. The van der Waals surface area contributed by atoms with E-state index in [2.05, 4.69) is 0 Å². The summed E-state index contributed by atoms with van der Waals surface area (Å²) in [7, 11) is 0. The van der Waals surface area contributed by atoms with Crippen molar-refractivity contribution in [1.29, 1.82) is 0 Å². The minimum atomic E-state index is -0.208. The van der Waals surface area contributed by atoms with E-state index in [-0.39, 0.29) is 18.8 Å². The van der Waals surface area contributed by atoms with Crippen LogP contribution in [-0.2, 0) is 4.74 Å². The Labute approximate surface area is 74.4 Å². The first-order valence-corrected chi connectivity index (χ1v) is 4.57. The van der Waals surface area contributed by atoms with Crippen LogP contribution < -0.4 is 0 Å². The third-order valence-corrected chi connectivity index (χ3v) is 1.68. The molecule has 0 aromatic rings. The maximum absolute atomic E-state index is 8.93. The normalized spacial score (nSPS) is 16.0.